The van der Waals surface area contributed by atoms with Crippen LogP contribution >= 0.6 is 0 Å². The third-order valence-corrected chi connectivity index (χ3v) is 0.829. The number of Topliss-reactive ketones (excluding diaryl/α,β-unsaturated/α-hetero) is 2. The van der Waals surface area contributed by atoms with Crippen LogP contribution in [-0.4, -0.2) is 11.6 Å². The van der Waals surface area contributed by atoms with Gasteiger partial charge in [0.1, 0.15) is 11.6 Å². The first-order valence-electron chi connectivity index (χ1n) is 2.62. The van der Waals surface area contributed by atoms with Crippen LogP contribution in [0.3, 0.4) is 0 Å². The smallest absolute Gasteiger partial charge is 0.130 e. The van der Waals surface area contributed by atoms with Crippen molar-refractivity contribution in [2.45, 2.75) is 34.1 Å². The molecule has 0 amide bonds. The van der Waals surface area contributed by atoms with Gasteiger partial charge in [-0.25, -0.2) is 0 Å². The van der Waals surface area contributed by atoms with E-state index in [2.05, 4.69) is 0 Å². The molecule has 54 valence electrons. The lowest BCUT2D eigenvalue weighted by atomic mass is 10.2. The van der Waals surface area contributed by atoms with Gasteiger partial charge in [-0.2, -0.15) is 0 Å². The first-order valence-corrected chi connectivity index (χ1v) is 2.62. The Hall–Kier alpha value is -0.660. The van der Waals surface area contributed by atoms with Crippen molar-refractivity contribution >= 4 is 11.6 Å². The molecular formula is C7H14O2. The Morgan fingerprint density at radius 1 is 1.00 bits per heavy atom. The highest BCUT2D eigenvalue weighted by Gasteiger charge is 1.95. The van der Waals surface area contributed by atoms with Crippen LogP contribution in [0, 0.1) is 0 Å². The lowest BCUT2D eigenvalue weighted by Crippen LogP contribution is -1.95. The van der Waals surface area contributed by atoms with Crippen molar-refractivity contribution in [3.05, 3.63) is 0 Å². The molecule has 0 rings (SSSR count). The SMILES string of the molecule is C.CC(=O)CCC(C)=O. The van der Waals surface area contributed by atoms with E-state index in [1.54, 1.807) is 0 Å². The molecule has 2 heteroatoms. The number of carbonyl (C=O) groups excluding carboxylic acids is 2. The van der Waals surface area contributed by atoms with E-state index in [1.807, 2.05) is 0 Å². The zero-order valence-electron chi connectivity index (χ0n) is 5.23. The zero-order valence-corrected chi connectivity index (χ0v) is 5.23. The summed E-state index contributed by atoms with van der Waals surface area (Å²) >= 11 is 0. The second-order valence-electron chi connectivity index (χ2n) is 1.90. The lowest BCUT2D eigenvalue weighted by molar-refractivity contribution is -0.122. The first kappa shape index (κ1) is 11.2. The molecule has 0 aliphatic carbocycles. The van der Waals surface area contributed by atoms with Crippen molar-refractivity contribution in [2.75, 3.05) is 0 Å². The molecule has 0 atom stereocenters. The van der Waals surface area contributed by atoms with E-state index in [0.717, 1.165) is 0 Å². The molecule has 0 aliphatic rings. The average molecular weight is 130 g/mol. The fraction of sp³-hybridized carbons (Fsp3) is 0.714. The molecule has 0 aromatic carbocycles. The average Bonchev–Trinajstić information content (AvgIpc) is 1.61. The monoisotopic (exact) mass is 130 g/mol. The quantitative estimate of drug-likeness (QED) is 0.581. The van der Waals surface area contributed by atoms with Gasteiger partial charge in [-0.15, -0.1) is 0 Å². The molecule has 0 heterocycles. The third-order valence-electron chi connectivity index (χ3n) is 0.829. The second kappa shape index (κ2) is 5.48. The molecule has 0 saturated heterocycles. The maximum Gasteiger partial charge on any atom is 0.130 e. The third kappa shape index (κ3) is 11.1. The standard InChI is InChI=1S/C6H10O2.CH4/c1-5(7)3-4-6(2)8;/h3-4H2,1-2H3;1H4. The molecule has 0 aromatic rings. The number of rotatable bonds is 3. The van der Waals surface area contributed by atoms with E-state index < -0.39 is 0 Å². The van der Waals surface area contributed by atoms with Crippen LogP contribution in [0.15, 0.2) is 0 Å². The van der Waals surface area contributed by atoms with Gasteiger partial charge in [0.15, 0.2) is 0 Å². The van der Waals surface area contributed by atoms with Crippen molar-refractivity contribution in [1.29, 1.82) is 0 Å². The van der Waals surface area contributed by atoms with Crippen LogP contribution in [0.1, 0.15) is 34.1 Å². The summed E-state index contributed by atoms with van der Waals surface area (Å²) < 4.78 is 0. The number of hydrogen-bond acceptors (Lipinski definition) is 2. The summed E-state index contributed by atoms with van der Waals surface area (Å²) in [7, 11) is 0. The molecule has 0 aromatic heterocycles. The zero-order chi connectivity index (χ0) is 6.57. The van der Waals surface area contributed by atoms with E-state index in [9.17, 15) is 9.59 Å². The Balaban J connectivity index is 0. The van der Waals surface area contributed by atoms with Crippen molar-refractivity contribution in [1.82, 2.24) is 0 Å². The molecule has 0 radical (unpaired) electrons. The van der Waals surface area contributed by atoms with Crippen molar-refractivity contribution in [2.24, 2.45) is 0 Å². The van der Waals surface area contributed by atoms with E-state index in [1.165, 1.54) is 13.8 Å². The highest BCUT2D eigenvalue weighted by atomic mass is 16.1. The number of hydrogen-bond donors (Lipinski definition) is 0. The molecule has 2 nitrogen and oxygen atoms in total. The van der Waals surface area contributed by atoms with E-state index in [4.69, 9.17) is 0 Å². The van der Waals surface area contributed by atoms with E-state index in [-0.39, 0.29) is 19.0 Å². The normalized spacial score (nSPS) is 7.78. The van der Waals surface area contributed by atoms with Gasteiger partial charge in [0.05, 0.1) is 0 Å². The molecule has 0 bridgehead atoms. The predicted molar refractivity (Wildman–Crippen MR) is 37.3 cm³/mol. The summed E-state index contributed by atoms with van der Waals surface area (Å²) in [6, 6.07) is 0. The van der Waals surface area contributed by atoms with Crippen molar-refractivity contribution in [3.8, 4) is 0 Å². The molecule has 0 fully saturated rings. The predicted octanol–water partition coefficient (Wildman–Crippen LogP) is 1.58. The van der Waals surface area contributed by atoms with Crippen molar-refractivity contribution < 1.29 is 9.59 Å². The van der Waals surface area contributed by atoms with Gasteiger partial charge >= 0.3 is 0 Å². The van der Waals surface area contributed by atoms with Gasteiger partial charge in [0.25, 0.3) is 0 Å². The summed E-state index contributed by atoms with van der Waals surface area (Å²) in [5.41, 5.74) is 0. The summed E-state index contributed by atoms with van der Waals surface area (Å²) in [5, 5.41) is 0. The maximum atomic E-state index is 10.2. The van der Waals surface area contributed by atoms with Crippen LogP contribution in [0.4, 0.5) is 0 Å². The Morgan fingerprint density at radius 3 is 1.33 bits per heavy atom. The van der Waals surface area contributed by atoms with Crippen LogP contribution < -0.4 is 0 Å². The van der Waals surface area contributed by atoms with Crippen molar-refractivity contribution in [3.63, 3.8) is 0 Å². The minimum Gasteiger partial charge on any atom is -0.300 e. The molecular weight excluding hydrogens is 116 g/mol. The van der Waals surface area contributed by atoms with E-state index >= 15 is 0 Å². The molecule has 0 saturated carbocycles. The summed E-state index contributed by atoms with van der Waals surface area (Å²) in [5.74, 6) is 0.167. The van der Waals surface area contributed by atoms with E-state index in [0.29, 0.717) is 12.8 Å². The van der Waals surface area contributed by atoms with Gasteiger partial charge in [-0.1, -0.05) is 7.43 Å². The maximum absolute atomic E-state index is 10.2. The molecule has 0 aliphatic heterocycles. The Morgan fingerprint density at radius 2 is 1.22 bits per heavy atom. The molecule has 0 spiro atoms. The number of ketones is 2. The van der Waals surface area contributed by atoms with Gasteiger partial charge in [0.2, 0.25) is 0 Å². The highest BCUT2D eigenvalue weighted by molar-refractivity contribution is 5.83. The fourth-order valence-electron chi connectivity index (χ4n) is 0.352. The van der Waals surface area contributed by atoms with Gasteiger partial charge < -0.3 is 9.59 Å². The van der Waals surface area contributed by atoms with Gasteiger partial charge in [-0.05, 0) is 13.8 Å². The minimum absolute atomic E-state index is 0. The summed E-state index contributed by atoms with van der Waals surface area (Å²) in [6.07, 6.45) is 0.796. The minimum atomic E-state index is 0. The molecule has 9 heavy (non-hydrogen) atoms. The first-order chi connectivity index (χ1) is 3.63. The summed E-state index contributed by atoms with van der Waals surface area (Å²) in [6.45, 7) is 2.98. The van der Waals surface area contributed by atoms with Gasteiger partial charge in [-0.3, -0.25) is 0 Å². The van der Waals surface area contributed by atoms with Crippen LogP contribution in [0.2, 0.25) is 0 Å². The Kier molecular flexibility index (Phi) is 6.80. The Bertz CT molecular complexity index is 91.5. The Labute approximate surface area is 56.3 Å². The topological polar surface area (TPSA) is 34.1 Å². The van der Waals surface area contributed by atoms with Gasteiger partial charge in [0, 0.05) is 12.8 Å². The molecule has 0 unspecified atom stereocenters. The van der Waals surface area contributed by atoms with Crippen LogP contribution in [-0.2, 0) is 9.59 Å². The fourth-order valence-corrected chi connectivity index (χ4v) is 0.352. The largest absolute Gasteiger partial charge is 0.300 e. The second-order valence-corrected chi connectivity index (χ2v) is 1.90. The summed E-state index contributed by atoms with van der Waals surface area (Å²) in [4.78, 5) is 20.4. The number of carbonyl (C=O) groups is 2. The molecule has 0 N–H and O–H groups in total. The highest BCUT2D eigenvalue weighted by Crippen LogP contribution is 1.89. The lowest BCUT2D eigenvalue weighted by Gasteiger charge is -1.86. The van der Waals surface area contributed by atoms with Crippen LogP contribution in [0.5, 0.6) is 0 Å². The van der Waals surface area contributed by atoms with Crippen LogP contribution in [0.25, 0.3) is 0 Å².